The van der Waals surface area contributed by atoms with Crippen molar-refractivity contribution in [2.45, 2.75) is 26.0 Å². The summed E-state index contributed by atoms with van der Waals surface area (Å²) in [6.45, 7) is 4.41. The number of ether oxygens (including phenoxy) is 2. The number of aryl methyl sites for hydroxylation is 1. The minimum absolute atomic E-state index is 0.0156. The summed E-state index contributed by atoms with van der Waals surface area (Å²) in [6.07, 6.45) is -0.604. The van der Waals surface area contributed by atoms with Crippen molar-refractivity contribution in [2.24, 2.45) is 5.73 Å². The van der Waals surface area contributed by atoms with Crippen LogP contribution in [-0.4, -0.2) is 31.5 Å². The lowest BCUT2D eigenvalue weighted by molar-refractivity contribution is 0.0324. The van der Waals surface area contributed by atoms with Crippen LogP contribution in [0.4, 0.5) is 0 Å². The highest BCUT2D eigenvalue weighted by Gasteiger charge is 2.07. The number of nitrogens with two attached hydrogens (primary N) is 1. The summed E-state index contributed by atoms with van der Waals surface area (Å²) in [7, 11) is 1.55. The van der Waals surface area contributed by atoms with Crippen molar-refractivity contribution >= 4 is 0 Å². The second-order valence-corrected chi connectivity index (χ2v) is 4.23. The quantitative estimate of drug-likeness (QED) is 0.787. The number of benzene rings is 1. The molecule has 1 rings (SSSR count). The maximum Gasteiger partial charge on any atom is 0.122 e. The van der Waals surface area contributed by atoms with Crippen molar-refractivity contribution in [1.82, 2.24) is 0 Å². The molecule has 2 unspecified atom stereocenters. The number of methoxy groups -OCH3 is 1. The van der Waals surface area contributed by atoms with E-state index in [0.29, 0.717) is 0 Å². The third-order valence-corrected chi connectivity index (χ3v) is 2.52. The highest BCUT2D eigenvalue weighted by Crippen LogP contribution is 2.21. The van der Waals surface area contributed by atoms with E-state index >= 15 is 0 Å². The fraction of sp³-hybridized carbons (Fsp3) is 0.538. The van der Waals surface area contributed by atoms with Crippen molar-refractivity contribution in [3.63, 3.8) is 0 Å². The first-order valence-electron chi connectivity index (χ1n) is 5.70. The molecular formula is C13H21NO3. The molecule has 0 fully saturated rings. The van der Waals surface area contributed by atoms with Gasteiger partial charge in [-0.05, 0) is 31.0 Å². The second kappa shape index (κ2) is 6.59. The van der Waals surface area contributed by atoms with E-state index in [-0.39, 0.29) is 19.3 Å². The molecule has 1 aromatic carbocycles. The maximum absolute atomic E-state index is 9.47. The first kappa shape index (κ1) is 14.0. The molecule has 96 valence electrons. The zero-order chi connectivity index (χ0) is 12.8. The molecule has 0 amide bonds. The van der Waals surface area contributed by atoms with Crippen LogP contribution in [0.2, 0.25) is 0 Å². The highest BCUT2D eigenvalue weighted by atomic mass is 16.5. The third kappa shape index (κ3) is 4.34. The molecule has 0 saturated heterocycles. The van der Waals surface area contributed by atoms with Crippen LogP contribution in [0.15, 0.2) is 18.2 Å². The average Bonchev–Trinajstić information content (AvgIpc) is 2.27. The normalized spacial score (nSPS) is 14.4. The van der Waals surface area contributed by atoms with Gasteiger partial charge in [-0.2, -0.15) is 0 Å². The van der Waals surface area contributed by atoms with Crippen molar-refractivity contribution in [3.05, 3.63) is 29.3 Å². The first-order valence-corrected chi connectivity index (χ1v) is 5.70. The molecule has 0 saturated carbocycles. The van der Waals surface area contributed by atoms with Crippen LogP contribution in [0, 0.1) is 6.92 Å². The van der Waals surface area contributed by atoms with E-state index in [2.05, 4.69) is 0 Å². The number of hydrogen-bond donors (Lipinski definition) is 2. The van der Waals surface area contributed by atoms with Crippen LogP contribution in [0.5, 0.6) is 5.75 Å². The standard InChI is InChI=1S/C13H21NO3/c1-9-6-11(10(2)14)4-5-13(9)17-8-12(15)7-16-3/h4-6,10,12,15H,7-8,14H2,1-3H3. The lowest BCUT2D eigenvalue weighted by Gasteiger charge is -2.14. The lowest BCUT2D eigenvalue weighted by Crippen LogP contribution is -2.22. The van der Waals surface area contributed by atoms with Gasteiger partial charge < -0.3 is 20.3 Å². The zero-order valence-electron chi connectivity index (χ0n) is 10.6. The third-order valence-electron chi connectivity index (χ3n) is 2.52. The zero-order valence-corrected chi connectivity index (χ0v) is 10.6. The Kier molecular flexibility index (Phi) is 5.41. The van der Waals surface area contributed by atoms with Crippen LogP contribution in [0.3, 0.4) is 0 Å². The predicted octanol–water partition coefficient (Wildman–Crippen LogP) is 1.40. The molecule has 0 heterocycles. The van der Waals surface area contributed by atoms with Gasteiger partial charge >= 0.3 is 0 Å². The second-order valence-electron chi connectivity index (χ2n) is 4.23. The van der Waals surface area contributed by atoms with Gasteiger partial charge in [0.25, 0.3) is 0 Å². The molecular weight excluding hydrogens is 218 g/mol. The summed E-state index contributed by atoms with van der Waals surface area (Å²) in [6, 6.07) is 5.84. The van der Waals surface area contributed by atoms with Gasteiger partial charge in [-0.3, -0.25) is 0 Å². The smallest absolute Gasteiger partial charge is 0.122 e. The molecule has 0 aliphatic rings. The van der Waals surface area contributed by atoms with Gasteiger partial charge in [0, 0.05) is 13.2 Å². The largest absolute Gasteiger partial charge is 0.491 e. The number of rotatable bonds is 6. The molecule has 3 N–H and O–H groups in total. The van der Waals surface area contributed by atoms with Crippen LogP contribution in [0.1, 0.15) is 24.1 Å². The Balaban J connectivity index is 2.60. The fourth-order valence-corrected chi connectivity index (χ4v) is 1.54. The monoisotopic (exact) mass is 239 g/mol. The van der Waals surface area contributed by atoms with Crippen LogP contribution >= 0.6 is 0 Å². The number of aliphatic hydroxyl groups excluding tert-OH is 1. The SMILES string of the molecule is COCC(O)COc1ccc(C(C)N)cc1C. The van der Waals surface area contributed by atoms with Crippen molar-refractivity contribution in [3.8, 4) is 5.75 Å². The van der Waals surface area contributed by atoms with Gasteiger partial charge in [-0.25, -0.2) is 0 Å². The van der Waals surface area contributed by atoms with Crippen LogP contribution < -0.4 is 10.5 Å². The number of hydrogen-bond acceptors (Lipinski definition) is 4. The van der Waals surface area contributed by atoms with Crippen LogP contribution in [0.25, 0.3) is 0 Å². The first-order chi connectivity index (χ1) is 8.04. The van der Waals surface area contributed by atoms with Gasteiger partial charge in [0.1, 0.15) is 18.5 Å². The molecule has 0 aliphatic heterocycles. The van der Waals surface area contributed by atoms with Crippen molar-refractivity contribution < 1.29 is 14.6 Å². The van der Waals surface area contributed by atoms with E-state index < -0.39 is 6.10 Å². The Morgan fingerprint density at radius 1 is 1.35 bits per heavy atom. The molecule has 0 radical (unpaired) electrons. The van der Waals surface area contributed by atoms with Gasteiger partial charge in [0.05, 0.1) is 6.61 Å². The Labute approximate surface area is 102 Å². The van der Waals surface area contributed by atoms with Gasteiger partial charge in [-0.1, -0.05) is 12.1 Å². The maximum atomic E-state index is 9.47. The molecule has 0 spiro atoms. The molecule has 0 bridgehead atoms. The molecule has 1 aromatic rings. The van der Waals surface area contributed by atoms with E-state index in [4.69, 9.17) is 15.2 Å². The van der Waals surface area contributed by atoms with Gasteiger partial charge in [0.2, 0.25) is 0 Å². The summed E-state index contributed by atoms with van der Waals surface area (Å²) < 4.78 is 10.3. The van der Waals surface area contributed by atoms with E-state index in [0.717, 1.165) is 16.9 Å². The fourth-order valence-electron chi connectivity index (χ4n) is 1.54. The van der Waals surface area contributed by atoms with Gasteiger partial charge in [-0.15, -0.1) is 0 Å². The van der Waals surface area contributed by atoms with E-state index in [1.807, 2.05) is 32.0 Å². The molecule has 0 aromatic heterocycles. The summed E-state index contributed by atoms with van der Waals surface area (Å²) in [5.74, 6) is 0.768. The summed E-state index contributed by atoms with van der Waals surface area (Å²) >= 11 is 0. The minimum atomic E-state index is -0.604. The average molecular weight is 239 g/mol. The van der Waals surface area contributed by atoms with Crippen molar-refractivity contribution in [2.75, 3.05) is 20.3 Å². The lowest BCUT2D eigenvalue weighted by atomic mass is 10.1. The summed E-state index contributed by atoms with van der Waals surface area (Å²) in [5.41, 5.74) is 7.89. The van der Waals surface area contributed by atoms with Gasteiger partial charge in [0.15, 0.2) is 0 Å². The molecule has 17 heavy (non-hydrogen) atoms. The molecule has 4 heteroatoms. The molecule has 0 aliphatic carbocycles. The minimum Gasteiger partial charge on any atom is -0.491 e. The van der Waals surface area contributed by atoms with Crippen LogP contribution in [-0.2, 0) is 4.74 Å². The van der Waals surface area contributed by atoms with E-state index in [1.54, 1.807) is 7.11 Å². The predicted molar refractivity (Wildman–Crippen MR) is 67.2 cm³/mol. The van der Waals surface area contributed by atoms with Crippen molar-refractivity contribution in [1.29, 1.82) is 0 Å². The summed E-state index contributed by atoms with van der Waals surface area (Å²) in [5, 5.41) is 9.47. The number of aliphatic hydroxyl groups is 1. The molecule has 4 nitrogen and oxygen atoms in total. The Hall–Kier alpha value is -1.10. The Morgan fingerprint density at radius 2 is 2.06 bits per heavy atom. The molecule has 2 atom stereocenters. The Bertz CT molecular complexity index is 353. The van der Waals surface area contributed by atoms with E-state index in [9.17, 15) is 5.11 Å². The van der Waals surface area contributed by atoms with E-state index in [1.165, 1.54) is 0 Å². The topological polar surface area (TPSA) is 64.7 Å². The highest BCUT2D eigenvalue weighted by molar-refractivity contribution is 5.37. The Morgan fingerprint density at radius 3 is 2.59 bits per heavy atom. The summed E-state index contributed by atoms with van der Waals surface area (Å²) in [4.78, 5) is 0.